The van der Waals surface area contributed by atoms with Crippen molar-refractivity contribution in [2.75, 3.05) is 6.54 Å². The van der Waals surface area contributed by atoms with Crippen LogP contribution in [0, 0.1) is 0 Å². The normalized spacial score (nSPS) is 11.5. The number of hydrogen-bond acceptors (Lipinski definition) is 3. The Labute approximate surface area is 140 Å². The van der Waals surface area contributed by atoms with E-state index in [2.05, 4.69) is 15.6 Å². The van der Waals surface area contributed by atoms with Crippen molar-refractivity contribution in [1.29, 1.82) is 0 Å². The third-order valence-corrected chi connectivity index (χ3v) is 3.51. The molecule has 0 fully saturated rings. The number of aliphatic carboxylic acids is 1. The van der Waals surface area contributed by atoms with E-state index in [4.69, 9.17) is 0 Å². The molecule has 0 aliphatic heterocycles. The van der Waals surface area contributed by atoms with E-state index in [1.54, 1.807) is 6.20 Å². The average Bonchev–Trinajstić information content (AvgIpc) is 2.60. The first kappa shape index (κ1) is 17.5. The van der Waals surface area contributed by atoms with Crippen molar-refractivity contribution in [3.63, 3.8) is 0 Å². The van der Waals surface area contributed by atoms with E-state index in [0.29, 0.717) is 6.54 Å². The van der Waals surface area contributed by atoms with E-state index < -0.39 is 18.0 Å². The predicted molar refractivity (Wildman–Crippen MR) is 90.7 cm³/mol. The van der Waals surface area contributed by atoms with Crippen LogP contribution in [0.5, 0.6) is 0 Å². The fourth-order valence-electron chi connectivity index (χ4n) is 2.28. The van der Waals surface area contributed by atoms with Gasteiger partial charge in [0.15, 0.2) is 0 Å². The number of nitrogens with zero attached hydrogens (tertiary/aromatic N) is 1. The fourth-order valence-corrected chi connectivity index (χ4v) is 2.28. The van der Waals surface area contributed by atoms with Crippen LogP contribution >= 0.6 is 0 Å². The van der Waals surface area contributed by atoms with E-state index in [1.165, 1.54) is 0 Å². The third kappa shape index (κ3) is 6.08. The van der Waals surface area contributed by atoms with E-state index >= 15 is 0 Å². The number of amides is 2. The van der Waals surface area contributed by atoms with E-state index in [0.717, 1.165) is 24.1 Å². The van der Waals surface area contributed by atoms with Crippen LogP contribution in [-0.4, -0.2) is 34.7 Å². The van der Waals surface area contributed by atoms with Crippen molar-refractivity contribution < 1.29 is 14.7 Å². The summed E-state index contributed by atoms with van der Waals surface area (Å²) in [6, 6.07) is 13.5. The van der Waals surface area contributed by atoms with Crippen LogP contribution in [0.3, 0.4) is 0 Å². The number of aromatic nitrogens is 1. The molecule has 6 nitrogen and oxygen atoms in total. The molecule has 1 heterocycles. The Morgan fingerprint density at radius 1 is 1.08 bits per heavy atom. The number of rotatable bonds is 8. The lowest BCUT2D eigenvalue weighted by Crippen LogP contribution is -2.47. The molecule has 126 valence electrons. The third-order valence-electron chi connectivity index (χ3n) is 3.51. The van der Waals surface area contributed by atoms with Crippen LogP contribution in [0.4, 0.5) is 4.79 Å². The zero-order valence-corrected chi connectivity index (χ0v) is 13.3. The Morgan fingerprint density at radius 2 is 1.83 bits per heavy atom. The lowest BCUT2D eigenvalue weighted by molar-refractivity contribution is -0.139. The molecule has 2 amide bonds. The number of nitrogens with one attached hydrogen (secondary N) is 2. The molecule has 0 spiro atoms. The van der Waals surface area contributed by atoms with Crippen molar-refractivity contribution in [2.45, 2.75) is 25.3 Å². The smallest absolute Gasteiger partial charge is 0.326 e. The molecule has 1 aromatic heterocycles. The summed E-state index contributed by atoms with van der Waals surface area (Å²) in [7, 11) is 0. The Morgan fingerprint density at radius 3 is 2.50 bits per heavy atom. The van der Waals surface area contributed by atoms with Crippen LogP contribution in [-0.2, 0) is 17.6 Å². The summed E-state index contributed by atoms with van der Waals surface area (Å²) in [6.45, 7) is 0.458. The number of aryl methyl sites for hydroxylation is 1. The first-order valence-electron chi connectivity index (χ1n) is 7.86. The van der Waals surface area contributed by atoms with Crippen molar-refractivity contribution >= 4 is 12.0 Å². The van der Waals surface area contributed by atoms with Gasteiger partial charge in [-0.3, -0.25) is 4.98 Å². The Kier molecular flexibility index (Phi) is 6.76. The van der Waals surface area contributed by atoms with Crippen LogP contribution in [0.2, 0.25) is 0 Å². The van der Waals surface area contributed by atoms with Gasteiger partial charge >= 0.3 is 12.0 Å². The standard InChI is InChI=1S/C18H21N3O3/c22-17(23)16(13-14-7-2-1-3-8-14)21-18(24)20-12-6-10-15-9-4-5-11-19-15/h1-5,7-9,11,16H,6,10,12-13H2,(H,22,23)(H2,20,21,24). The zero-order valence-electron chi connectivity index (χ0n) is 13.3. The van der Waals surface area contributed by atoms with Gasteiger partial charge in [0, 0.05) is 24.9 Å². The monoisotopic (exact) mass is 327 g/mol. The molecule has 0 aliphatic rings. The van der Waals surface area contributed by atoms with Gasteiger partial charge in [-0.05, 0) is 30.5 Å². The van der Waals surface area contributed by atoms with Crippen molar-refractivity contribution in [1.82, 2.24) is 15.6 Å². The summed E-state index contributed by atoms with van der Waals surface area (Å²) in [4.78, 5) is 27.4. The van der Waals surface area contributed by atoms with Crippen molar-refractivity contribution in [3.05, 3.63) is 66.0 Å². The Hall–Kier alpha value is -2.89. The molecule has 1 aromatic carbocycles. The van der Waals surface area contributed by atoms with E-state index in [9.17, 15) is 14.7 Å². The van der Waals surface area contributed by atoms with E-state index in [1.807, 2.05) is 48.5 Å². The Balaban J connectivity index is 1.73. The number of carbonyl (C=O) groups excluding carboxylic acids is 1. The summed E-state index contributed by atoms with van der Waals surface area (Å²) in [6.07, 6.45) is 3.47. The number of carbonyl (C=O) groups is 2. The maximum Gasteiger partial charge on any atom is 0.326 e. The molecule has 2 rings (SSSR count). The summed E-state index contributed by atoms with van der Waals surface area (Å²) >= 11 is 0. The van der Waals surface area contributed by atoms with Gasteiger partial charge < -0.3 is 15.7 Å². The first-order chi connectivity index (χ1) is 11.6. The molecular formula is C18H21N3O3. The number of hydrogen-bond donors (Lipinski definition) is 3. The number of carboxylic acids is 1. The zero-order chi connectivity index (χ0) is 17.2. The minimum absolute atomic E-state index is 0.248. The average molecular weight is 327 g/mol. The molecule has 1 atom stereocenters. The molecule has 0 saturated heterocycles. The SMILES string of the molecule is O=C(NCCCc1ccccn1)NC(Cc1ccccc1)C(=O)O. The van der Waals surface area contributed by atoms with Gasteiger partial charge in [-0.25, -0.2) is 9.59 Å². The van der Waals surface area contributed by atoms with Gasteiger partial charge in [-0.2, -0.15) is 0 Å². The van der Waals surface area contributed by atoms with Crippen molar-refractivity contribution in [2.24, 2.45) is 0 Å². The first-order valence-corrected chi connectivity index (χ1v) is 7.86. The second-order valence-corrected chi connectivity index (χ2v) is 5.41. The maximum atomic E-state index is 11.9. The fraction of sp³-hybridized carbons (Fsp3) is 0.278. The molecule has 6 heteroatoms. The molecule has 0 bridgehead atoms. The summed E-state index contributed by atoms with van der Waals surface area (Å²) in [5.74, 6) is -1.05. The summed E-state index contributed by atoms with van der Waals surface area (Å²) < 4.78 is 0. The minimum Gasteiger partial charge on any atom is -0.480 e. The van der Waals surface area contributed by atoms with Gasteiger partial charge in [0.1, 0.15) is 6.04 Å². The molecule has 0 radical (unpaired) electrons. The van der Waals surface area contributed by atoms with Gasteiger partial charge in [0.25, 0.3) is 0 Å². The lowest BCUT2D eigenvalue weighted by atomic mass is 10.1. The highest BCUT2D eigenvalue weighted by Gasteiger charge is 2.20. The number of urea groups is 1. The molecule has 0 aliphatic carbocycles. The molecule has 0 saturated carbocycles. The van der Waals surface area contributed by atoms with Gasteiger partial charge in [0.05, 0.1) is 0 Å². The van der Waals surface area contributed by atoms with Crippen LogP contribution in [0.25, 0.3) is 0 Å². The highest BCUT2D eigenvalue weighted by molar-refractivity contribution is 5.82. The quantitative estimate of drug-likeness (QED) is 0.647. The molecule has 2 aromatic rings. The van der Waals surface area contributed by atoms with Crippen LogP contribution in [0.15, 0.2) is 54.7 Å². The molecule has 3 N–H and O–H groups in total. The van der Waals surface area contributed by atoms with Crippen LogP contribution < -0.4 is 10.6 Å². The maximum absolute atomic E-state index is 11.9. The van der Waals surface area contributed by atoms with Gasteiger partial charge in [-0.15, -0.1) is 0 Å². The number of carboxylic acid groups (broad SMARTS) is 1. The highest BCUT2D eigenvalue weighted by atomic mass is 16.4. The molecule has 24 heavy (non-hydrogen) atoms. The van der Waals surface area contributed by atoms with Gasteiger partial charge in [0.2, 0.25) is 0 Å². The summed E-state index contributed by atoms with van der Waals surface area (Å²) in [5.41, 5.74) is 1.83. The minimum atomic E-state index is -1.05. The van der Waals surface area contributed by atoms with E-state index in [-0.39, 0.29) is 6.42 Å². The second-order valence-electron chi connectivity index (χ2n) is 5.41. The summed E-state index contributed by atoms with van der Waals surface area (Å²) in [5, 5.41) is 14.4. The number of pyridine rings is 1. The Bertz CT molecular complexity index is 647. The number of benzene rings is 1. The molecule has 1 unspecified atom stereocenters. The lowest BCUT2D eigenvalue weighted by Gasteiger charge is -2.15. The van der Waals surface area contributed by atoms with Crippen molar-refractivity contribution in [3.8, 4) is 0 Å². The topological polar surface area (TPSA) is 91.3 Å². The largest absolute Gasteiger partial charge is 0.480 e. The molecular weight excluding hydrogens is 306 g/mol. The van der Waals surface area contributed by atoms with Gasteiger partial charge in [-0.1, -0.05) is 36.4 Å². The highest BCUT2D eigenvalue weighted by Crippen LogP contribution is 2.03. The van der Waals surface area contributed by atoms with Crippen LogP contribution in [0.1, 0.15) is 17.7 Å². The predicted octanol–water partition coefficient (Wildman–Crippen LogP) is 2.01. The second kappa shape index (κ2) is 9.29.